The van der Waals surface area contributed by atoms with Gasteiger partial charge in [0.2, 0.25) is 5.65 Å². The maximum absolute atomic E-state index is 4.67. The number of fused-ring (bicyclic) bond motifs is 3. The monoisotopic (exact) mass is 290 g/mol. The number of anilines is 2. The zero-order chi connectivity index (χ0) is 15.1. The van der Waals surface area contributed by atoms with Crippen molar-refractivity contribution in [3.63, 3.8) is 0 Å². The molecule has 0 aliphatic carbocycles. The van der Waals surface area contributed by atoms with Crippen LogP contribution >= 0.6 is 0 Å². The number of hydrogen-bond donors (Lipinski definition) is 1. The van der Waals surface area contributed by atoms with Crippen molar-refractivity contribution in [2.45, 2.75) is 13.8 Å². The molecule has 108 valence electrons. The summed E-state index contributed by atoms with van der Waals surface area (Å²) in [6.07, 6.45) is 0. The first-order valence-corrected chi connectivity index (χ1v) is 7.03. The second-order valence-electron chi connectivity index (χ2n) is 5.36. The second-order valence-corrected chi connectivity index (χ2v) is 5.36. The van der Waals surface area contributed by atoms with Crippen molar-refractivity contribution in [2.75, 3.05) is 5.32 Å². The van der Waals surface area contributed by atoms with Gasteiger partial charge in [-0.1, -0.05) is 18.2 Å². The topological polar surface area (TPSA) is 68.0 Å². The summed E-state index contributed by atoms with van der Waals surface area (Å²) < 4.78 is 1.72. The van der Waals surface area contributed by atoms with Crippen LogP contribution in [0.5, 0.6) is 0 Å². The van der Waals surface area contributed by atoms with E-state index in [0.717, 1.165) is 22.3 Å². The van der Waals surface area contributed by atoms with Gasteiger partial charge in [0.15, 0.2) is 5.82 Å². The SMILES string of the molecule is Cc1cccc(Nc2nc3ccc(C)cc3n3nnnc23)c1. The molecular weight excluding hydrogens is 276 g/mol. The first-order chi connectivity index (χ1) is 10.7. The third kappa shape index (κ3) is 2.05. The number of benzene rings is 2. The van der Waals surface area contributed by atoms with E-state index in [1.54, 1.807) is 4.52 Å². The standard InChI is InChI=1S/C16H14N6/c1-10-4-3-5-12(8-10)17-15-16-19-20-21-22(16)14-9-11(2)6-7-13(14)18-15/h3-9H,1-2H3,(H,17,18). The first kappa shape index (κ1) is 12.7. The Kier molecular flexibility index (Phi) is 2.75. The van der Waals surface area contributed by atoms with Crippen LogP contribution in [0.1, 0.15) is 11.1 Å². The van der Waals surface area contributed by atoms with Crippen LogP contribution in [0.25, 0.3) is 16.7 Å². The van der Waals surface area contributed by atoms with Crippen LogP contribution in [0, 0.1) is 13.8 Å². The van der Waals surface area contributed by atoms with Crippen LogP contribution in [0.2, 0.25) is 0 Å². The fourth-order valence-electron chi connectivity index (χ4n) is 2.51. The zero-order valence-corrected chi connectivity index (χ0v) is 12.3. The number of tetrazole rings is 1. The van der Waals surface area contributed by atoms with E-state index in [1.165, 1.54) is 5.56 Å². The van der Waals surface area contributed by atoms with E-state index in [0.29, 0.717) is 11.5 Å². The Hall–Kier alpha value is -3.02. The van der Waals surface area contributed by atoms with E-state index in [-0.39, 0.29) is 0 Å². The van der Waals surface area contributed by atoms with Gasteiger partial charge in [-0.25, -0.2) is 4.98 Å². The molecule has 6 nitrogen and oxygen atoms in total. The van der Waals surface area contributed by atoms with Crippen LogP contribution < -0.4 is 5.32 Å². The molecule has 4 rings (SSSR count). The Morgan fingerprint density at radius 1 is 1.00 bits per heavy atom. The molecule has 0 bridgehead atoms. The van der Waals surface area contributed by atoms with Crippen molar-refractivity contribution in [3.8, 4) is 0 Å². The summed E-state index contributed by atoms with van der Waals surface area (Å²) in [6, 6.07) is 14.1. The minimum atomic E-state index is 0.611. The lowest BCUT2D eigenvalue weighted by atomic mass is 10.2. The lowest BCUT2D eigenvalue weighted by Gasteiger charge is -2.09. The summed E-state index contributed by atoms with van der Waals surface area (Å²) in [6.45, 7) is 4.09. The molecular formula is C16H14N6. The molecule has 0 atom stereocenters. The van der Waals surface area contributed by atoms with Gasteiger partial charge < -0.3 is 5.32 Å². The summed E-state index contributed by atoms with van der Waals surface area (Å²) >= 11 is 0. The minimum absolute atomic E-state index is 0.611. The lowest BCUT2D eigenvalue weighted by molar-refractivity contribution is 0.840. The fourth-order valence-corrected chi connectivity index (χ4v) is 2.51. The first-order valence-electron chi connectivity index (χ1n) is 7.03. The van der Waals surface area contributed by atoms with Gasteiger partial charge in [-0.3, -0.25) is 0 Å². The van der Waals surface area contributed by atoms with Crippen molar-refractivity contribution in [1.82, 2.24) is 25.0 Å². The van der Waals surface area contributed by atoms with Gasteiger partial charge in [0.1, 0.15) is 0 Å². The van der Waals surface area contributed by atoms with Crippen LogP contribution in [0.4, 0.5) is 11.5 Å². The van der Waals surface area contributed by atoms with E-state index in [1.807, 2.05) is 37.3 Å². The summed E-state index contributed by atoms with van der Waals surface area (Å²) in [7, 11) is 0. The predicted octanol–water partition coefficient (Wildman–Crippen LogP) is 3.03. The van der Waals surface area contributed by atoms with Crippen molar-refractivity contribution >= 4 is 28.2 Å². The summed E-state index contributed by atoms with van der Waals surface area (Å²) in [5.41, 5.74) is 5.64. The van der Waals surface area contributed by atoms with E-state index < -0.39 is 0 Å². The predicted molar refractivity (Wildman–Crippen MR) is 85.3 cm³/mol. The minimum Gasteiger partial charge on any atom is -0.337 e. The molecule has 6 heteroatoms. The summed E-state index contributed by atoms with van der Waals surface area (Å²) in [5.74, 6) is 0.645. The molecule has 22 heavy (non-hydrogen) atoms. The number of nitrogens with zero attached hydrogens (tertiary/aromatic N) is 5. The molecule has 2 aromatic carbocycles. The third-order valence-electron chi connectivity index (χ3n) is 3.55. The van der Waals surface area contributed by atoms with Crippen LogP contribution in [0.15, 0.2) is 42.5 Å². The highest BCUT2D eigenvalue weighted by Crippen LogP contribution is 2.23. The van der Waals surface area contributed by atoms with Gasteiger partial charge in [-0.05, 0) is 59.7 Å². The molecule has 0 aliphatic rings. The molecule has 2 aromatic heterocycles. The average molecular weight is 290 g/mol. The van der Waals surface area contributed by atoms with E-state index in [4.69, 9.17) is 0 Å². The van der Waals surface area contributed by atoms with Gasteiger partial charge in [-0.15, -0.1) is 5.10 Å². The highest BCUT2D eigenvalue weighted by molar-refractivity contribution is 5.84. The molecule has 0 fully saturated rings. The van der Waals surface area contributed by atoms with Gasteiger partial charge in [0, 0.05) is 5.69 Å². The van der Waals surface area contributed by atoms with Crippen LogP contribution in [-0.2, 0) is 0 Å². The Morgan fingerprint density at radius 2 is 1.86 bits per heavy atom. The molecule has 0 spiro atoms. The Morgan fingerprint density at radius 3 is 2.73 bits per heavy atom. The van der Waals surface area contributed by atoms with E-state index in [9.17, 15) is 0 Å². The van der Waals surface area contributed by atoms with E-state index in [2.05, 4.69) is 44.9 Å². The van der Waals surface area contributed by atoms with Crippen LogP contribution in [-0.4, -0.2) is 25.0 Å². The molecule has 0 radical (unpaired) electrons. The Bertz CT molecular complexity index is 988. The maximum atomic E-state index is 4.67. The molecule has 1 N–H and O–H groups in total. The van der Waals surface area contributed by atoms with Gasteiger partial charge in [-0.2, -0.15) is 4.52 Å². The maximum Gasteiger partial charge on any atom is 0.222 e. The quantitative estimate of drug-likeness (QED) is 0.614. The highest BCUT2D eigenvalue weighted by Gasteiger charge is 2.12. The molecule has 0 saturated carbocycles. The average Bonchev–Trinajstić information content (AvgIpc) is 2.98. The van der Waals surface area contributed by atoms with Gasteiger partial charge in [0.05, 0.1) is 11.0 Å². The molecule has 0 aliphatic heterocycles. The van der Waals surface area contributed by atoms with Crippen LogP contribution in [0.3, 0.4) is 0 Å². The third-order valence-corrected chi connectivity index (χ3v) is 3.55. The molecule has 4 aromatic rings. The highest BCUT2D eigenvalue weighted by atomic mass is 15.5. The smallest absolute Gasteiger partial charge is 0.222 e. The second kappa shape index (κ2) is 4.77. The number of aryl methyl sites for hydroxylation is 2. The zero-order valence-electron chi connectivity index (χ0n) is 12.3. The van der Waals surface area contributed by atoms with Crippen molar-refractivity contribution in [3.05, 3.63) is 53.6 Å². The number of nitrogens with one attached hydrogen (secondary N) is 1. The van der Waals surface area contributed by atoms with E-state index >= 15 is 0 Å². The Balaban J connectivity index is 1.92. The van der Waals surface area contributed by atoms with Crippen molar-refractivity contribution < 1.29 is 0 Å². The largest absolute Gasteiger partial charge is 0.337 e. The number of aromatic nitrogens is 5. The fraction of sp³-hybridized carbons (Fsp3) is 0.125. The normalized spacial score (nSPS) is 11.2. The van der Waals surface area contributed by atoms with Crippen molar-refractivity contribution in [2.24, 2.45) is 0 Å². The Labute approximate surface area is 126 Å². The van der Waals surface area contributed by atoms with Crippen molar-refractivity contribution in [1.29, 1.82) is 0 Å². The number of hydrogen-bond acceptors (Lipinski definition) is 5. The van der Waals surface area contributed by atoms with Gasteiger partial charge >= 0.3 is 0 Å². The lowest BCUT2D eigenvalue weighted by Crippen LogP contribution is -2.01. The molecule has 0 saturated heterocycles. The molecule has 0 unspecified atom stereocenters. The number of rotatable bonds is 2. The molecule has 0 amide bonds. The molecule has 2 heterocycles. The van der Waals surface area contributed by atoms with Gasteiger partial charge in [0.25, 0.3) is 0 Å². The summed E-state index contributed by atoms with van der Waals surface area (Å²) in [4.78, 5) is 4.67. The summed E-state index contributed by atoms with van der Waals surface area (Å²) in [5, 5.41) is 15.3.